The monoisotopic (exact) mass is 357 g/mol. The maximum Gasteiger partial charge on any atom is 0.237 e. The van der Waals surface area contributed by atoms with E-state index >= 15 is 0 Å². The zero-order valence-electron chi connectivity index (χ0n) is 12.8. The average molecular weight is 358 g/mol. The summed E-state index contributed by atoms with van der Waals surface area (Å²) >= 11 is 13.5. The molecule has 0 fully saturated rings. The van der Waals surface area contributed by atoms with Gasteiger partial charge in [0.25, 0.3) is 0 Å². The van der Waals surface area contributed by atoms with Gasteiger partial charge in [0.1, 0.15) is 0 Å². The van der Waals surface area contributed by atoms with Gasteiger partial charge in [0.15, 0.2) is 0 Å². The third kappa shape index (κ3) is 3.77. The Morgan fingerprint density at radius 1 is 1.36 bits per heavy atom. The summed E-state index contributed by atoms with van der Waals surface area (Å²) in [5, 5.41) is 8.10. The van der Waals surface area contributed by atoms with Crippen molar-refractivity contribution in [2.75, 3.05) is 5.32 Å². The normalized spacial score (nSPS) is 12.3. The predicted octanol–water partition coefficient (Wildman–Crippen LogP) is 4.46. The zero-order valence-corrected chi connectivity index (χ0v) is 15.1. The number of thioether (sulfide) groups is 1. The van der Waals surface area contributed by atoms with Crippen molar-refractivity contribution in [1.29, 1.82) is 0 Å². The first-order chi connectivity index (χ1) is 10.3. The van der Waals surface area contributed by atoms with E-state index < -0.39 is 0 Å². The number of rotatable bonds is 4. The summed E-state index contributed by atoms with van der Waals surface area (Å²) in [6.45, 7) is 5.62. The summed E-state index contributed by atoms with van der Waals surface area (Å²) in [4.78, 5) is 13.2. The van der Waals surface area contributed by atoms with E-state index in [-0.39, 0.29) is 11.2 Å². The zero-order chi connectivity index (χ0) is 16.4. The molecule has 0 aliphatic carbocycles. The number of anilines is 1. The predicted molar refractivity (Wildman–Crippen MR) is 93.1 cm³/mol. The first kappa shape index (κ1) is 17.2. The summed E-state index contributed by atoms with van der Waals surface area (Å²) in [5.41, 5.74) is 2.48. The third-order valence-electron chi connectivity index (χ3n) is 3.32. The average Bonchev–Trinajstić information content (AvgIpc) is 2.69. The van der Waals surface area contributed by atoms with Gasteiger partial charge >= 0.3 is 0 Å². The quantitative estimate of drug-likeness (QED) is 0.821. The van der Waals surface area contributed by atoms with Crippen LogP contribution in [0.2, 0.25) is 10.0 Å². The van der Waals surface area contributed by atoms with Crippen LogP contribution in [0.15, 0.2) is 23.1 Å². The summed E-state index contributed by atoms with van der Waals surface area (Å²) in [5.74, 6) is -0.0970. The summed E-state index contributed by atoms with van der Waals surface area (Å²) < 4.78 is 1.75. The Labute approximate surface area is 144 Å². The summed E-state index contributed by atoms with van der Waals surface area (Å²) in [7, 11) is 1.85. The van der Waals surface area contributed by atoms with Crippen LogP contribution in [0.4, 0.5) is 5.69 Å². The molecule has 1 amide bonds. The van der Waals surface area contributed by atoms with Gasteiger partial charge < -0.3 is 5.32 Å². The largest absolute Gasteiger partial charge is 0.322 e. The molecule has 1 N–H and O–H groups in total. The lowest BCUT2D eigenvalue weighted by molar-refractivity contribution is -0.115. The molecule has 0 radical (unpaired) electrons. The number of benzene rings is 1. The van der Waals surface area contributed by atoms with E-state index in [2.05, 4.69) is 10.4 Å². The molecule has 1 aromatic heterocycles. The van der Waals surface area contributed by atoms with E-state index in [0.29, 0.717) is 10.0 Å². The number of nitrogens with zero attached hydrogens (tertiary/aromatic N) is 2. The van der Waals surface area contributed by atoms with Crippen LogP contribution in [0.5, 0.6) is 0 Å². The molecule has 2 rings (SSSR count). The second-order valence-electron chi connectivity index (χ2n) is 4.99. The number of nitrogens with one attached hydrogen (secondary N) is 1. The number of aryl methyl sites for hydroxylation is 2. The molecule has 7 heteroatoms. The first-order valence-corrected chi connectivity index (χ1v) is 8.36. The smallest absolute Gasteiger partial charge is 0.237 e. The van der Waals surface area contributed by atoms with E-state index in [1.807, 2.05) is 27.8 Å². The van der Waals surface area contributed by atoms with Crippen LogP contribution < -0.4 is 5.32 Å². The molecule has 1 aromatic carbocycles. The Hall–Kier alpha value is -1.17. The molecular weight excluding hydrogens is 341 g/mol. The Morgan fingerprint density at radius 3 is 2.64 bits per heavy atom. The van der Waals surface area contributed by atoms with Gasteiger partial charge in [0, 0.05) is 17.0 Å². The van der Waals surface area contributed by atoms with E-state index in [4.69, 9.17) is 23.2 Å². The molecule has 118 valence electrons. The molecule has 0 saturated carbocycles. The Morgan fingerprint density at radius 2 is 2.05 bits per heavy atom. The van der Waals surface area contributed by atoms with Crippen LogP contribution in [0.25, 0.3) is 0 Å². The fraction of sp³-hybridized carbons (Fsp3) is 0.333. The molecule has 0 aliphatic rings. The second kappa shape index (κ2) is 6.94. The van der Waals surface area contributed by atoms with E-state index in [0.717, 1.165) is 22.0 Å². The maximum absolute atomic E-state index is 12.4. The van der Waals surface area contributed by atoms with Gasteiger partial charge in [-0.05, 0) is 39.0 Å². The minimum Gasteiger partial charge on any atom is -0.322 e. The van der Waals surface area contributed by atoms with Crippen LogP contribution in [0, 0.1) is 13.8 Å². The Balaban J connectivity index is 2.11. The highest BCUT2D eigenvalue weighted by molar-refractivity contribution is 8.00. The molecule has 2 aromatic rings. The van der Waals surface area contributed by atoms with Gasteiger partial charge in [-0.1, -0.05) is 23.2 Å². The fourth-order valence-electron chi connectivity index (χ4n) is 1.99. The van der Waals surface area contributed by atoms with Gasteiger partial charge in [-0.15, -0.1) is 11.8 Å². The van der Waals surface area contributed by atoms with Crippen LogP contribution in [-0.2, 0) is 11.8 Å². The molecule has 0 spiro atoms. The number of carbonyl (C=O) groups is 1. The molecule has 0 bridgehead atoms. The lowest BCUT2D eigenvalue weighted by Gasteiger charge is -2.13. The molecule has 4 nitrogen and oxygen atoms in total. The van der Waals surface area contributed by atoms with Gasteiger partial charge in [-0.25, -0.2) is 0 Å². The van der Waals surface area contributed by atoms with Crippen molar-refractivity contribution in [3.05, 3.63) is 39.6 Å². The van der Waals surface area contributed by atoms with Crippen molar-refractivity contribution in [2.45, 2.75) is 30.9 Å². The van der Waals surface area contributed by atoms with Gasteiger partial charge in [0.2, 0.25) is 5.91 Å². The highest BCUT2D eigenvalue weighted by Crippen LogP contribution is 2.33. The highest BCUT2D eigenvalue weighted by Gasteiger charge is 2.19. The van der Waals surface area contributed by atoms with Gasteiger partial charge in [0.05, 0.1) is 27.3 Å². The Bertz CT molecular complexity index is 715. The molecule has 0 unspecified atom stereocenters. The number of hydrogen-bond acceptors (Lipinski definition) is 3. The van der Waals surface area contributed by atoms with Crippen molar-refractivity contribution in [3.8, 4) is 0 Å². The number of amides is 1. The minimum atomic E-state index is -0.310. The van der Waals surface area contributed by atoms with Crippen molar-refractivity contribution < 1.29 is 4.79 Å². The molecule has 0 saturated heterocycles. The van der Waals surface area contributed by atoms with Crippen LogP contribution >= 0.6 is 35.0 Å². The molecular formula is C15H17Cl2N3OS. The first-order valence-electron chi connectivity index (χ1n) is 6.72. The van der Waals surface area contributed by atoms with Crippen molar-refractivity contribution in [2.24, 2.45) is 7.05 Å². The fourth-order valence-corrected chi connectivity index (χ4v) is 3.40. The lowest BCUT2D eigenvalue weighted by Crippen LogP contribution is -2.23. The van der Waals surface area contributed by atoms with Gasteiger partial charge in [-0.2, -0.15) is 5.10 Å². The molecule has 22 heavy (non-hydrogen) atoms. The molecule has 1 heterocycles. The topological polar surface area (TPSA) is 46.9 Å². The SMILES string of the molecule is Cc1nn(C)c(C)c1NC(=O)[C@@H](C)Sc1cc(Cl)ccc1Cl. The van der Waals surface area contributed by atoms with Crippen molar-refractivity contribution in [3.63, 3.8) is 0 Å². The molecule has 1 atom stereocenters. The second-order valence-corrected chi connectivity index (χ2v) is 7.22. The van der Waals surface area contributed by atoms with Crippen molar-refractivity contribution in [1.82, 2.24) is 9.78 Å². The van der Waals surface area contributed by atoms with Crippen LogP contribution in [-0.4, -0.2) is 20.9 Å². The van der Waals surface area contributed by atoms with Crippen LogP contribution in [0.3, 0.4) is 0 Å². The number of carbonyl (C=O) groups excluding carboxylic acids is 1. The maximum atomic E-state index is 12.4. The summed E-state index contributed by atoms with van der Waals surface area (Å²) in [6.07, 6.45) is 0. The lowest BCUT2D eigenvalue weighted by atomic mass is 10.3. The van der Waals surface area contributed by atoms with Crippen LogP contribution in [0.1, 0.15) is 18.3 Å². The molecule has 0 aliphatic heterocycles. The number of hydrogen-bond donors (Lipinski definition) is 1. The van der Waals surface area contributed by atoms with Gasteiger partial charge in [-0.3, -0.25) is 9.48 Å². The highest BCUT2D eigenvalue weighted by atomic mass is 35.5. The standard InChI is InChI=1S/C15H17Cl2N3OS/c1-8-14(9(2)20(4)19-8)18-15(21)10(3)22-13-7-11(16)5-6-12(13)17/h5-7,10H,1-4H3,(H,18,21)/t10-/m1/s1. The number of aromatic nitrogens is 2. The minimum absolute atomic E-state index is 0.0970. The summed E-state index contributed by atoms with van der Waals surface area (Å²) in [6, 6.07) is 5.21. The van der Waals surface area contributed by atoms with Crippen molar-refractivity contribution >= 4 is 46.6 Å². The third-order valence-corrected chi connectivity index (χ3v) is 5.16. The van der Waals surface area contributed by atoms with E-state index in [1.54, 1.807) is 22.9 Å². The number of halogens is 2. The van der Waals surface area contributed by atoms with E-state index in [9.17, 15) is 4.79 Å². The Kier molecular flexibility index (Phi) is 5.42. The van der Waals surface area contributed by atoms with E-state index in [1.165, 1.54) is 11.8 Å².